The Morgan fingerprint density at radius 1 is 1.20 bits per heavy atom. The molecule has 0 aliphatic carbocycles. The van der Waals surface area contributed by atoms with E-state index in [1.807, 2.05) is 25.1 Å². The number of nitrogens with one attached hydrogen (secondary N) is 1. The third-order valence-electron chi connectivity index (χ3n) is 3.83. The molecule has 0 radical (unpaired) electrons. The predicted octanol–water partition coefficient (Wildman–Crippen LogP) is 4.34. The van der Waals surface area contributed by atoms with Gasteiger partial charge in [0.1, 0.15) is 0 Å². The molecule has 0 bridgehead atoms. The number of anilines is 1. The van der Waals surface area contributed by atoms with Crippen molar-refractivity contribution in [2.45, 2.75) is 26.2 Å². The molecule has 2 aromatic carbocycles. The third kappa shape index (κ3) is 2.27. The summed E-state index contributed by atoms with van der Waals surface area (Å²) in [7, 11) is 0. The smallest absolute Gasteiger partial charge is 0.232 e. The van der Waals surface area contributed by atoms with Gasteiger partial charge < -0.3 is 5.32 Å². The van der Waals surface area contributed by atoms with Crippen LogP contribution in [0.4, 0.5) is 5.69 Å². The Balaban J connectivity index is 2.01. The van der Waals surface area contributed by atoms with Crippen molar-refractivity contribution in [2.75, 3.05) is 5.32 Å². The van der Waals surface area contributed by atoms with E-state index in [9.17, 15) is 4.79 Å². The average Bonchev–Trinajstić information content (AvgIpc) is 2.70. The number of hydrogen-bond donors (Lipinski definition) is 1. The van der Waals surface area contributed by atoms with E-state index in [2.05, 4.69) is 46.4 Å². The molecule has 2 nitrogen and oxygen atoms in total. The SMILES string of the molecule is Cc1cc(C)c2c(c1)[C@@H](Cc1ccccc1Br)C(=O)N2. The molecule has 102 valence electrons. The summed E-state index contributed by atoms with van der Waals surface area (Å²) in [5.74, 6) is 0.00625. The summed E-state index contributed by atoms with van der Waals surface area (Å²) in [6.45, 7) is 4.12. The molecule has 1 amide bonds. The van der Waals surface area contributed by atoms with Crippen molar-refractivity contribution in [2.24, 2.45) is 0 Å². The van der Waals surface area contributed by atoms with Gasteiger partial charge in [0, 0.05) is 10.2 Å². The lowest BCUT2D eigenvalue weighted by molar-refractivity contribution is -0.117. The number of fused-ring (bicyclic) bond motifs is 1. The first-order chi connectivity index (χ1) is 9.56. The number of aryl methyl sites for hydroxylation is 2. The Morgan fingerprint density at radius 2 is 1.95 bits per heavy atom. The lowest BCUT2D eigenvalue weighted by Crippen LogP contribution is -2.14. The summed E-state index contributed by atoms with van der Waals surface area (Å²) in [6.07, 6.45) is 0.725. The van der Waals surface area contributed by atoms with Gasteiger partial charge in [0.05, 0.1) is 5.92 Å². The van der Waals surface area contributed by atoms with Gasteiger partial charge in [0.15, 0.2) is 0 Å². The average molecular weight is 330 g/mol. The van der Waals surface area contributed by atoms with Crippen molar-refractivity contribution in [3.8, 4) is 0 Å². The third-order valence-corrected chi connectivity index (χ3v) is 4.61. The van der Waals surface area contributed by atoms with Crippen molar-refractivity contribution in [3.05, 3.63) is 63.1 Å². The van der Waals surface area contributed by atoms with Crippen LogP contribution in [0.3, 0.4) is 0 Å². The molecule has 0 saturated heterocycles. The molecule has 0 fully saturated rings. The summed E-state index contributed by atoms with van der Waals surface area (Å²) >= 11 is 3.56. The Hall–Kier alpha value is -1.61. The standard InChI is InChI=1S/C17H16BrNO/c1-10-7-11(2)16-13(8-10)14(17(20)19-16)9-12-5-3-4-6-15(12)18/h3-8,14H,9H2,1-2H3,(H,19,20)/t14-/m1/s1. The maximum absolute atomic E-state index is 12.3. The molecule has 20 heavy (non-hydrogen) atoms. The van der Waals surface area contributed by atoms with Crippen LogP contribution in [-0.4, -0.2) is 5.91 Å². The second-order valence-electron chi connectivity index (χ2n) is 5.38. The Kier molecular flexibility index (Phi) is 3.38. The van der Waals surface area contributed by atoms with Crippen LogP contribution in [0, 0.1) is 13.8 Å². The first-order valence-corrected chi connectivity index (χ1v) is 7.51. The fraction of sp³-hybridized carbons (Fsp3) is 0.235. The zero-order valence-electron chi connectivity index (χ0n) is 11.5. The van der Waals surface area contributed by atoms with Gasteiger partial charge in [0.25, 0.3) is 0 Å². The van der Waals surface area contributed by atoms with Gasteiger partial charge >= 0.3 is 0 Å². The number of amides is 1. The summed E-state index contributed by atoms with van der Waals surface area (Å²) in [5, 5.41) is 3.03. The van der Waals surface area contributed by atoms with Crippen LogP contribution < -0.4 is 5.32 Å². The van der Waals surface area contributed by atoms with Crippen LogP contribution in [0.1, 0.15) is 28.2 Å². The van der Waals surface area contributed by atoms with E-state index in [4.69, 9.17) is 0 Å². The lowest BCUT2D eigenvalue weighted by atomic mass is 9.91. The molecular formula is C17H16BrNO. The minimum Gasteiger partial charge on any atom is -0.325 e. The van der Waals surface area contributed by atoms with Gasteiger partial charge in [-0.05, 0) is 43.0 Å². The van der Waals surface area contributed by atoms with Gasteiger partial charge in [-0.3, -0.25) is 4.79 Å². The number of benzene rings is 2. The maximum atomic E-state index is 12.3. The second kappa shape index (κ2) is 5.06. The highest BCUT2D eigenvalue weighted by molar-refractivity contribution is 9.10. The van der Waals surface area contributed by atoms with Gasteiger partial charge in [-0.2, -0.15) is 0 Å². The highest BCUT2D eigenvalue weighted by Gasteiger charge is 2.32. The van der Waals surface area contributed by atoms with E-state index in [0.29, 0.717) is 0 Å². The van der Waals surface area contributed by atoms with E-state index < -0.39 is 0 Å². The molecule has 0 spiro atoms. The van der Waals surface area contributed by atoms with E-state index >= 15 is 0 Å². The predicted molar refractivity (Wildman–Crippen MR) is 85.1 cm³/mol. The van der Waals surface area contributed by atoms with Crippen molar-refractivity contribution < 1.29 is 4.79 Å². The topological polar surface area (TPSA) is 29.1 Å². The highest BCUT2D eigenvalue weighted by Crippen LogP contribution is 2.38. The van der Waals surface area contributed by atoms with Crippen molar-refractivity contribution in [1.82, 2.24) is 0 Å². The van der Waals surface area contributed by atoms with Crippen molar-refractivity contribution >= 4 is 27.5 Å². The van der Waals surface area contributed by atoms with E-state index in [1.54, 1.807) is 0 Å². The molecule has 3 rings (SSSR count). The van der Waals surface area contributed by atoms with Crippen LogP contribution >= 0.6 is 15.9 Å². The molecule has 1 heterocycles. The highest BCUT2D eigenvalue weighted by atomic mass is 79.9. The minimum atomic E-state index is -0.0951. The monoisotopic (exact) mass is 329 g/mol. The molecule has 1 aliphatic rings. The van der Waals surface area contributed by atoms with Crippen molar-refractivity contribution in [3.63, 3.8) is 0 Å². The fourth-order valence-electron chi connectivity index (χ4n) is 2.88. The molecule has 0 saturated carbocycles. The largest absolute Gasteiger partial charge is 0.325 e. The summed E-state index contributed by atoms with van der Waals surface area (Å²) in [4.78, 5) is 12.3. The molecular weight excluding hydrogens is 314 g/mol. The second-order valence-corrected chi connectivity index (χ2v) is 6.24. The van der Waals surface area contributed by atoms with Gasteiger partial charge in [-0.25, -0.2) is 0 Å². The minimum absolute atomic E-state index is 0.0951. The molecule has 0 aromatic heterocycles. The van der Waals surface area contributed by atoms with Crippen LogP contribution in [-0.2, 0) is 11.2 Å². The van der Waals surface area contributed by atoms with Crippen molar-refractivity contribution in [1.29, 1.82) is 0 Å². The van der Waals surface area contributed by atoms with Gasteiger partial charge in [-0.15, -0.1) is 0 Å². The van der Waals surface area contributed by atoms with E-state index in [-0.39, 0.29) is 11.8 Å². The molecule has 2 aromatic rings. The Labute approximate surface area is 127 Å². The van der Waals surface area contributed by atoms with Crippen LogP contribution in [0.15, 0.2) is 40.9 Å². The quantitative estimate of drug-likeness (QED) is 0.872. The first-order valence-electron chi connectivity index (χ1n) is 6.71. The Morgan fingerprint density at radius 3 is 2.70 bits per heavy atom. The number of halogens is 1. The zero-order valence-corrected chi connectivity index (χ0v) is 13.1. The number of carbonyl (C=O) groups excluding carboxylic acids is 1. The fourth-order valence-corrected chi connectivity index (χ4v) is 3.33. The van der Waals surface area contributed by atoms with Gasteiger partial charge in [0.2, 0.25) is 5.91 Å². The molecule has 1 atom stereocenters. The van der Waals surface area contributed by atoms with Gasteiger partial charge in [-0.1, -0.05) is 51.8 Å². The summed E-state index contributed by atoms with van der Waals surface area (Å²) in [6, 6.07) is 12.3. The van der Waals surface area contributed by atoms with Crippen LogP contribution in [0.5, 0.6) is 0 Å². The molecule has 1 aliphatic heterocycles. The molecule has 1 N–H and O–H groups in total. The number of carbonyl (C=O) groups is 1. The molecule has 3 heteroatoms. The number of hydrogen-bond acceptors (Lipinski definition) is 1. The van der Waals surface area contributed by atoms with Crippen LogP contribution in [0.25, 0.3) is 0 Å². The first kappa shape index (κ1) is 13.4. The lowest BCUT2D eigenvalue weighted by Gasteiger charge is -2.11. The maximum Gasteiger partial charge on any atom is 0.232 e. The van der Waals surface area contributed by atoms with Crippen LogP contribution in [0.2, 0.25) is 0 Å². The number of rotatable bonds is 2. The molecule has 0 unspecified atom stereocenters. The normalized spacial score (nSPS) is 16.9. The van der Waals surface area contributed by atoms with E-state index in [0.717, 1.165) is 27.7 Å². The zero-order chi connectivity index (χ0) is 14.3. The Bertz CT molecular complexity index is 693. The van der Waals surface area contributed by atoms with E-state index in [1.165, 1.54) is 11.1 Å². The summed E-state index contributed by atoms with van der Waals surface area (Å²) in [5.41, 5.74) is 5.64. The summed E-state index contributed by atoms with van der Waals surface area (Å²) < 4.78 is 1.06.